The topological polar surface area (TPSA) is 64.1 Å². The van der Waals surface area contributed by atoms with E-state index in [1.165, 1.54) is 6.20 Å². The summed E-state index contributed by atoms with van der Waals surface area (Å²) in [5, 5.41) is 3.26. The Morgan fingerprint density at radius 1 is 1.45 bits per heavy atom. The molecule has 0 radical (unpaired) electrons. The minimum atomic E-state index is -0.396. The second-order valence-electron chi connectivity index (χ2n) is 4.57. The smallest absolute Gasteiger partial charge is 0.341 e. The number of hydrogen-bond donors (Lipinski definition) is 1. The van der Waals surface area contributed by atoms with Crippen molar-refractivity contribution in [2.75, 3.05) is 11.9 Å². The lowest BCUT2D eigenvalue weighted by molar-refractivity contribution is 0.0527. The molecule has 20 heavy (non-hydrogen) atoms. The molecule has 0 amide bonds. The maximum absolute atomic E-state index is 12.0. The van der Waals surface area contributed by atoms with Crippen molar-refractivity contribution < 1.29 is 9.53 Å². The van der Waals surface area contributed by atoms with Crippen LogP contribution in [0.25, 0.3) is 11.0 Å². The molecule has 0 aliphatic carbocycles. The lowest BCUT2D eigenvalue weighted by atomic mass is 10.1. The van der Waals surface area contributed by atoms with Gasteiger partial charge in [-0.3, -0.25) is 4.98 Å². The molecule has 2 heterocycles. The molecule has 106 valence electrons. The second-order valence-corrected chi connectivity index (χ2v) is 5.38. The largest absolute Gasteiger partial charge is 0.462 e. The van der Waals surface area contributed by atoms with Crippen molar-refractivity contribution in [3.63, 3.8) is 0 Å². The number of pyridine rings is 2. The van der Waals surface area contributed by atoms with Crippen LogP contribution in [-0.2, 0) is 4.74 Å². The third-order valence-corrected chi connectivity index (χ3v) is 3.05. The number of nitrogens with one attached hydrogen (secondary N) is 1. The summed E-state index contributed by atoms with van der Waals surface area (Å²) in [4.78, 5) is 20.7. The van der Waals surface area contributed by atoms with Crippen LogP contribution in [0.15, 0.2) is 22.9 Å². The Bertz CT molecular complexity index is 644. The third-order valence-electron chi connectivity index (χ3n) is 2.61. The maximum Gasteiger partial charge on any atom is 0.341 e. The molecule has 6 heteroatoms. The normalized spacial score (nSPS) is 10.8. The van der Waals surface area contributed by atoms with Crippen molar-refractivity contribution in [1.82, 2.24) is 9.97 Å². The Morgan fingerprint density at radius 2 is 2.20 bits per heavy atom. The molecule has 0 fully saturated rings. The van der Waals surface area contributed by atoms with Gasteiger partial charge in [-0.1, -0.05) is 0 Å². The molecule has 0 bridgehead atoms. The number of hydrogen-bond acceptors (Lipinski definition) is 5. The number of carbonyl (C=O) groups excluding carboxylic acids is 1. The summed E-state index contributed by atoms with van der Waals surface area (Å²) in [5.41, 5.74) is 2.44. The van der Waals surface area contributed by atoms with Crippen molar-refractivity contribution in [2.45, 2.75) is 26.8 Å². The van der Waals surface area contributed by atoms with Gasteiger partial charge in [0.25, 0.3) is 0 Å². The van der Waals surface area contributed by atoms with Crippen LogP contribution in [0.1, 0.15) is 31.1 Å². The number of rotatable bonds is 4. The first-order valence-electron chi connectivity index (χ1n) is 6.41. The van der Waals surface area contributed by atoms with Crippen LogP contribution in [0.4, 0.5) is 5.69 Å². The van der Waals surface area contributed by atoms with Crippen molar-refractivity contribution in [3.8, 4) is 0 Å². The van der Waals surface area contributed by atoms with Crippen LogP contribution >= 0.6 is 15.9 Å². The summed E-state index contributed by atoms with van der Waals surface area (Å²) in [6.07, 6.45) is 1.53. The van der Waals surface area contributed by atoms with Gasteiger partial charge >= 0.3 is 5.97 Å². The van der Waals surface area contributed by atoms with Crippen molar-refractivity contribution in [1.29, 1.82) is 0 Å². The fourth-order valence-electron chi connectivity index (χ4n) is 1.84. The molecule has 2 rings (SSSR count). The third kappa shape index (κ3) is 3.07. The Hall–Kier alpha value is -1.69. The van der Waals surface area contributed by atoms with Gasteiger partial charge in [0.1, 0.15) is 15.7 Å². The lowest BCUT2D eigenvalue weighted by Gasteiger charge is -2.15. The fourth-order valence-corrected chi connectivity index (χ4v) is 2.15. The number of ether oxygens (including phenoxy) is 1. The van der Waals surface area contributed by atoms with Crippen LogP contribution < -0.4 is 5.32 Å². The molecule has 2 aromatic rings. The molecule has 0 saturated heterocycles. The van der Waals surface area contributed by atoms with Gasteiger partial charge in [-0.15, -0.1) is 0 Å². The minimum Gasteiger partial charge on any atom is -0.462 e. The Labute approximate surface area is 125 Å². The first-order chi connectivity index (χ1) is 9.52. The molecule has 2 aromatic heterocycles. The first kappa shape index (κ1) is 14.7. The molecule has 0 spiro atoms. The van der Waals surface area contributed by atoms with E-state index in [2.05, 4.69) is 31.2 Å². The zero-order chi connectivity index (χ0) is 14.7. The van der Waals surface area contributed by atoms with E-state index in [0.717, 1.165) is 5.52 Å². The van der Waals surface area contributed by atoms with E-state index in [1.54, 1.807) is 6.92 Å². The van der Waals surface area contributed by atoms with Crippen molar-refractivity contribution in [3.05, 3.63) is 28.5 Å². The van der Waals surface area contributed by atoms with Gasteiger partial charge in [0.2, 0.25) is 0 Å². The molecule has 0 saturated carbocycles. The van der Waals surface area contributed by atoms with E-state index in [1.807, 2.05) is 26.0 Å². The van der Waals surface area contributed by atoms with Crippen LogP contribution in [-0.4, -0.2) is 28.6 Å². The van der Waals surface area contributed by atoms with Crippen molar-refractivity contribution >= 4 is 38.6 Å². The summed E-state index contributed by atoms with van der Waals surface area (Å²) in [5.74, 6) is -0.396. The van der Waals surface area contributed by atoms with E-state index < -0.39 is 5.97 Å². The van der Waals surface area contributed by atoms with E-state index >= 15 is 0 Å². The van der Waals surface area contributed by atoms with Gasteiger partial charge in [-0.25, -0.2) is 9.78 Å². The van der Waals surface area contributed by atoms with Gasteiger partial charge in [-0.2, -0.15) is 0 Å². The van der Waals surface area contributed by atoms with Gasteiger partial charge in [-0.05, 0) is 48.8 Å². The Kier molecular flexibility index (Phi) is 4.54. The highest BCUT2D eigenvalue weighted by Crippen LogP contribution is 2.27. The first-order valence-corrected chi connectivity index (χ1v) is 7.21. The number of fused-ring (bicyclic) bond motifs is 1. The highest BCUT2D eigenvalue weighted by molar-refractivity contribution is 9.10. The summed E-state index contributed by atoms with van der Waals surface area (Å²) in [6.45, 7) is 6.10. The van der Waals surface area contributed by atoms with Gasteiger partial charge in [0.15, 0.2) is 0 Å². The molecule has 0 unspecified atom stereocenters. The summed E-state index contributed by atoms with van der Waals surface area (Å²) in [6, 6.07) is 3.83. The Morgan fingerprint density at radius 3 is 2.85 bits per heavy atom. The monoisotopic (exact) mass is 337 g/mol. The summed E-state index contributed by atoms with van der Waals surface area (Å²) >= 11 is 3.34. The van der Waals surface area contributed by atoms with Crippen LogP contribution in [0, 0.1) is 0 Å². The maximum atomic E-state index is 12.0. The van der Waals surface area contributed by atoms with Crippen LogP contribution in [0.3, 0.4) is 0 Å². The zero-order valence-corrected chi connectivity index (χ0v) is 13.2. The van der Waals surface area contributed by atoms with Crippen molar-refractivity contribution in [2.24, 2.45) is 0 Å². The standard InChI is InChI=1S/C14H16BrN3O2/c1-4-20-14(19)9-7-16-10-5-6-11(15)18-13(10)12(9)17-8(2)3/h5-8H,4H2,1-3H3,(H,16,17). The van der Waals surface area contributed by atoms with Crippen LogP contribution in [0.5, 0.6) is 0 Å². The number of aromatic nitrogens is 2. The van der Waals surface area contributed by atoms with E-state index in [-0.39, 0.29) is 6.04 Å². The number of esters is 1. The highest BCUT2D eigenvalue weighted by Gasteiger charge is 2.18. The molecule has 1 N–H and O–H groups in total. The molecular weight excluding hydrogens is 322 g/mol. The highest BCUT2D eigenvalue weighted by atomic mass is 79.9. The van der Waals surface area contributed by atoms with Gasteiger partial charge < -0.3 is 10.1 Å². The lowest BCUT2D eigenvalue weighted by Crippen LogP contribution is -2.16. The summed E-state index contributed by atoms with van der Waals surface area (Å²) in [7, 11) is 0. The number of halogens is 1. The predicted octanol–water partition coefficient (Wildman–Crippen LogP) is 3.39. The number of nitrogens with zero attached hydrogens (tertiary/aromatic N) is 2. The molecule has 0 atom stereocenters. The average Bonchev–Trinajstić information content (AvgIpc) is 2.39. The van der Waals surface area contributed by atoms with E-state index in [9.17, 15) is 4.79 Å². The molecule has 5 nitrogen and oxygen atoms in total. The zero-order valence-electron chi connectivity index (χ0n) is 11.6. The molecule has 0 aromatic carbocycles. The second kappa shape index (κ2) is 6.17. The Balaban J connectivity index is 2.64. The summed E-state index contributed by atoms with van der Waals surface area (Å²) < 4.78 is 5.76. The number of carbonyl (C=O) groups is 1. The van der Waals surface area contributed by atoms with Crippen LogP contribution in [0.2, 0.25) is 0 Å². The van der Waals surface area contributed by atoms with E-state index in [4.69, 9.17) is 4.74 Å². The predicted molar refractivity (Wildman–Crippen MR) is 82.0 cm³/mol. The molecule has 0 aliphatic heterocycles. The molecule has 0 aliphatic rings. The van der Waals surface area contributed by atoms with Gasteiger partial charge in [0.05, 0.1) is 17.8 Å². The quantitative estimate of drug-likeness (QED) is 0.684. The van der Waals surface area contributed by atoms with Gasteiger partial charge in [0, 0.05) is 12.2 Å². The fraction of sp³-hybridized carbons (Fsp3) is 0.357. The average molecular weight is 338 g/mol. The minimum absolute atomic E-state index is 0.162. The van der Waals surface area contributed by atoms with E-state index in [0.29, 0.717) is 28.0 Å². The SMILES string of the molecule is CCOC(=O)c1cnc2ccc(Br)nc2c1NC(C)C. The number of anilines is 1. The molecular formula is C14H16BrN3O2.